The Morgan fingerprint density at radius 3 is 2.81 bits per heavy atom. The highest BCUT2D eigenvalue weighted by atomic mass is 79.9. The summed E-state index contributed by atoms with van der Waals surface area (Å²) in [6.07, 6.45) is 1.50. The highest BCUT2D eigenvalue weighted by Gasteiger charge is 2.32. The Kier molecular flexibility index (Phi) is 3.88. The Hall–Kier alpha value is -1.14. The predicted octanol–water partition coefficient (Wildman–Crippen LogP) is 0.535. The maximum Gasteiger partial charge on any atom is 0.339 e. The highest BCUT2D eigenvalue weighted by molar-refractivity contribution is 9.10. The van der Waals surface area contributed by atoms with Crippen molar-refractivity contribution in [3.05, 3.63) is 33.2 Å². The maximum atomic E-state index is 11.4. The van der Waals surface area contributed by atoms with E-state index in [1.54, 1.807) is 6.07 Å². The highest BCUT2D eigenvalue weighted by Crippen LogP contribution is 2.11. The molecule has 88 valence electrons. The zero-order valence-electron chi connectivity index (χ0n) is 8.94. The number of ether oxygens (including phenoxy) is 1. The molecule has 5 nitrogen and oxygen atoms in total. The van der Waals surface area contributed by atoms with E-state index in [9.17, 15) is 14.7 Å². The number of halogens is 1. The summed E-state index contributed by atoms with van der Waals surface area (Å²) in [5.41, 5.74) is -2.02. The molecule has 1 aromatic heterocycles. The van der Waals surface area contributed by atoms with Crippen molar-refractivity contribution < 1.29 is 14.6 Å². The Balaban J connectivity index is 3.00. The second-order valence-corrected chi connectivity index (χ2v) is 4.49. The fourth-order valence-corrected chi connectivity index (χ4v) is 1.62. The van der Waals surface area contributed by atoms with E-state index in [1.165, 1.54) is 30.9 Å². The smallest absolute Gasteiger partial charge is 0.339 e. The molecule has 0 spiro atoms. The molecule has 6 heteroatoms. The molecule has 1 atom stereocenters. The molecule has 0 aromatic carbocycles. The van der Waals surface area contributed by atoms with Crippen molar-refractivity contribution in [1.29, 1.82) is 0 Å². The van der Waals surface area contributed by atoms with Crippen molar-refractivity contribution in [3.63, 3.8) is 0 Å². The zero-order valence-corrected chi connectivity index (χ0v) is 10.5. The number of methoxy groups -OCH3 is 1. The lowest BCUT2D eigenvalue weighted by Gasteiger charge is -2.21. The van der Waals surface area contributed by atoms with Gasteiger partial charge in [-0.15, -0.1) is 0 Å². The Morgan fingerprint density at radius 2 is 2.25 bits per heavy atom. The van der Waals surface area contributed by atoms with Gasteiger partial charge in [-0.05, 0) is 28.9 Å². The second kappa shape index (κ2) is 4.80. The van der Waals surface area contributed by atoms with Crippen molar-refractivity contribution in [2.24, 2.45) is 0 Å². The van der Waals surface area contributed by atoms with Crippen LogP contribution in [-0.2, 0) is 16.1 Å². The lowest BCUT2D eigenvalue weighted by molar-refractivity contribution is -0.161. The average molecular weight is 290 g/mol. The molecular formula is C10H12BrNO4. The first kappa shape index (κ1) is 12.9. The molecule has 1 rings (SSSR count). The van der Waals surface area contributed by atoms with Crippen molar-refractivity contribution >= 4 is 21.9 Å². The van der Waals surface area contributed by atoms with Crippen LogP contribution in [0.3, 0.4) is 0 Å². The number of aromatic nitrogens is 1. The van der Waals surface area contributed by atoms with Crippen LogP contribution in [0.1, 0.15) is 6.92 Å². The largest absolute Gasteiger partial charge is 0.467 e. The average Bonchev–Trinajstić information content (AvgIpc) is 2.22. The van der Waals surface area contributed by atoms with Crippen molar-refractivity contribution in [3.8, 4) is 0 Å². The lowest BCUT2D eigenvalue weighted by atomic mass is 10.1. The summed E-state index contributed by atoms with van der Waals surface area (Å²) >= 11 is 3.20. The van der Waals surface area contributed by atoms with Gasteiger partial charge in [0.2, 0.25) is 0 Å². The van der Waals surface area contributed by atoms with Gasteiger partial charge in [-0.3, -0.25) is 4.79 Å². The number of pyridine rings is 1. The molecule has 0 unspecified atom stereocenters. The fourth-order valence-electron chi connectivity index (χ4n) is 1.24. The summed E-state index contributed by atoms with van der Waals surface area (Å²) in [5, 5.41) is 9.80. The van der Waals surface area contributed by atoms with Crippen molar-refractivity contribution in [1.82, 2.24) is 4.57 Å². The van der Waals surface area contributed by atoms with E-state index in [4.69, 9.17) is 0 Å². The summed E-state index contributed by atoms with van der Waals surface area (Å²) in [6.45, 7) is 1.14. The van der Waals surface area contributed by atoms with Crippen LogP contribution in [0.25, 0.3) is 0 Å². The first-order valence-corrected chi connectivity index (χ1v) is 5.33. The van der Waals surface area contributed by atoms with Gasteiger partial charge in [0.25, 0.3) is 5.56 Å². The van der Waals surface area contributed by atoms with Crippen molar-refractivity contribution in [2.75, 3.05) is 7.11 Å². The van der Waals surface area contributed by atoms with Crippen LogP contribution in [0.4, 0.5) is 0 Å². The quantitative estimate of drug-likeness (QED) is 0.825. The Morgan fingerprint density at radius 1 is 1.62 bits per heavy atom. The van der Waals surface area contributed by atoms with E-state index >= 15 is 0 Å². The van der Waals surface area contributed by atoms with Gasteiger partial charge in [0.1, 0.15) is 0 Å². The summed E-state index contributed by atoms with van der Waals surface area (Å²) < 4.78 is 6.37. The molecule has 0 amide bonds. The van der Waals surface area contributed by atoms with Crippen LogP contribution in [0, 0.1) is 0 Å². The minimum Gasteiger partial charge on any atom is -0.467 e. The predicted molar refractivity (Wildman–Crippen MR) is 61.0 cm³/mol. The number of esters is 1. The third-order valence-corrected chi connectivity index (χ3v) is 2.52. The van der Waals surface area contributed by atoms with E-state index in [-0.39, 0.29) is 12.1 Å². The molecule has 1 N–H and O–H groups in total. The minimum atomic E-state index is -1.72. The normalized spacial score (nSPS) is 14.2. The lowest BCUT2D eigenvalue weighted by Crippen LogP contribution is -2.42. The molecule has 16 heavy (non-hydrogen) atoms. The molecule has 0 aliphatic rings. The Labute approximate surface area is 101 Å². The first-order valence-electron chi connectivity index (χ1n) is 4.53. The zero-order chi connectivity index (χ0) is 12.3. The molecule has 0 fully saturated rings. The molecule has 1 heterocycles. The molecule has 0 aliphatic heterocycles. The van der Waals surface area contributed by atoms with E-state index in [1.807, 2.05) is 0 Å². The van der Waals surface area contributed by atoms with Gasteiger partial charge in [0, 0.05) is 16.7 Å². The van der Waals surface area contributed by atoms with E-state index < -0.39 is 11.6 Å². The number of hydrogen-bond donors (Lipinski definition) is 1. The summed E-state index contributed by atoms with van der Waals surface area (Å²) in [4.78, 5) is 22.7. The number of hydrogen-bond acceptors (Lipinski definition) is 4. The fraction of sp³-hybridized carbons (Fsp3) is 0.400. The Bertz CT molecular complexity index is 452. The van der Waals surface area contributed by atoms with Crippen LogP contribution in [0.5, 0.6) is 0 Å². The van der Waals surface area contributed by atoms with Gasteiger partial charge < -0.3 is 14.4 Å². The topological polar surface area (TPSA) is 68.5 Å². The number of nitrogens with zero attached hydrogens (tertiary/aromatic N) is 1. The number of carbonyl (C=O) groups excluding carboxylic acids is 1. The summed E-state index contributed by atoms with van der Waals surface area (Å²) in [6, 6.07) is 2.93. The van der Waals surface area contributed by atoms with E-state index in [0.29, 0.717) is 4.47 Å². The van der Waals surface area contributed by atoms with Gasteiger partial charge in [0.05, 0.1) is 13.7 Å². The molecule has 0 saturated carbocycles. The van der Waals surface area contributed by atoms with Crippen LogP contribution in [0.2, 0.25) is 0 Å². The standard InChI is InChI=1S/C10H12BrNO4/c1-10(15,9(14)16-2)6-12-5-7(11)3-4-8(12)13/h3-5,15H,6H2,1-2H3/t10-/m0/s1. The SMILES string of the molecule is COC(=O)[C@@](C)(O)Cn1cc(Br)ccc1=O. The summed E-state index contributed by atoms with van der Waals surface area (Å²) in [7, 11) is 1.18. The maximum absolute atomic E-state index is 11.4. The molecule has 0 radical (unpaired) electrons. The molecule has 1 aromatic rings. The number of aliphatic hydroxyl groups is 1. The monoisotopic (exact) mass is 289 g/mol. The van der Waals surface area contributed by atoms with Gasteiger partial charge in [-0.1, -0.05) is 0 Å². The molecular weight excluding hydrogens is 278 g/mol. The van der Waals surface area contributed by atoms with Crippen molar-refractivity contribution in [2.45, 2.75) is 19.1 Å². The van der Waals surface area contributed by atoms with Crippen LogP contribution >= 0.6 is 15.9 Å². The van der Waals surface area contributed by atoms with Gasteiger partial charge in [-0.2, -0.15) is 0 Å². The first-order chi connectivity index (χ1) is 7.36. The van der Waals surface area contributed by atoms with Gasteiger partial charge >= 0.3 is 5.97 Å². The van der Waals surface area contributed by atoms with Crippen LogP contribution in [-0.4, -0.2) is 28.4 Å². The third-order valence-electron chi connectivity index (χ3n) is 2.05. The number of rotatable bonds is 3. The van der Waals surface area contributed by atoms with Gasteiger partial charge in [-0.25, -0.2) is 4.79 Å². The molecule has 0 aliphatic carbocycles. The van der Waals surface area contributed by atoms with Crippen LogP contribution < -0.4 is 5.56 Å². The third kappa shape index (κ3) is 2.93. The molecule has 0 saturated heterocycles. The van der Waals surface area contributed by atoms with Gasteiger partial charge in [0.15, 0.2) is 5.60 Å². The summed E-state index contributed by atoms with van der Waals surface area (Å²) in [5.74, 6) is -0.778. The van der Waals surface area contributed by atoms with E-state index in [0.717, 1.165) is 0 Å². The van der Waals surface area contributed by atoms with Crippen LogP contribution in [0.15, 0.2) is 27.6 Å². The van der Waals surface area contributed by atoms with E-state index in [2.05, 4.69) is 20.7 Å². The second-order valence-electron chi connectivity index (χ2n) is 3.58. The number of carbonyl (C=O) groups is 1. The molecule has 0 bridgehead atoms. The minimum absolute atomic E-state index is 0.155.